The van der Waals surface area contributed by atoms with E-state index in [1.165, 1.54) is 13.2 Å². The Morgan fingerprint density at radius 3 is 2.63 bits per heavy atom. The maximum absolute atomic E-state index is 12.2. The molecule has 0 spiro atoms. The lowest BCUT2D eigenvalue weighted by atomic mass is 10.0. The maximum atomic E-state index is 12.2. The second-order valence-electron chi connectivity index (χ2n) is 3.93. The molecule has 0 aromatic heterocycles. The molecular formula is C14H13NO4. The van der Waals surface area contributed by atoms with Crippen molar-refractivity contribution in [2.24, 2.45) is 0 Å². The van der Waals surface area contributed by atoms with Crippen LogP contribution < -0.4 is 4.74 Å². The minimum Gasteiger partial charge on any atom is -0.502 e. The fourth-order valence-corrected chi connectivity index (χ4v) is 1.95. The Morgan fingerprint density at radius 2 is 2.00 bits per heavy atom. The highest BCUT2D eigenvalue weighted by Crippen LogP contribution is 2.33. The quantitative estimate of drug-likeness (QED) is 0.657. The average Bonchev–Trinajstić information content (AvgIpc) is 2.63. The third-order valence-corrected chi connectivity index (χ3v) is 2.83. The number of para-hydroxylation sites is 1. The molecule has 5 heteroatoms. The zero-order valence-electron chi connectivity index (χ0n) is 10.4. The van der Waals surface area contributed by atoms with Crippen LogP contribution in [-0.2, 0) is 9.59 Å². The fourth-order valence-electron chi connectivity index (χ4n) is 1.95. The summed E-state index contributed by atoms with van der Waals surface area (Å²) < 4.78 is 5.14. The predicted molar refractivity (Wildman–Crippen MR) is 69.5 cm³/mol. The first-order chi connectivity index (χ1) is 9.11. The Morgan fingerprint density at radius 1 is 1.32 bits per heavy atom. The second kappa shape index (κ2) is 4.97. The molecule has 0 atom stereocenters. The molecule has 98 valence electrons. The van der Waals surface area contributed by atoms with Crippen LogP contribution in [0.15, 0.2) is 42.7 Å². The van der Waals surface area contributed by atoms with Gasteiger partial charge in [-0.15, -0.1) is 6.58 Å². The maximum Gasteiger partial charge on any atom is 0.296 e. The normalized spacial score (nSPS) is 15.1. The molecule has 1 aromatic rings. The molecule has 1 N–H and O–H groups in total. The van der Waals surface area contributed by atoms with Crippen molar-refractivity contribution in [2.45, 2.75) is 0 Å². The zero-order valence-corrected chi connectivity index (χ0v) is 10.4. The minimum absolute atomic E-state index is 0.0377. The van der Waals surface area contributed by atoms with E-state index in [1.807, 2.05) is 0 Å². The van der Waals surface area contributed by atoms with Crippen LogP contribution in [0.3, 0.4) is 0 Å². The van der Waals surface area contributed by atoms with E-state index >= 15 is 0 Å². The van der Waals surface area contributed by atoms with Gasteiger partial charge in [0.25, 0.3) is 11.8 Å². The van der Waals surface area contributed by atoms with Crippen molar-refractivity contribution in [3.8, 4) is 5.75 Å². The van der Waals surface area contributed by atoms with E-state index in [9.17, 15) is 14.7 Å². The molecule has 0 saturated heterocycles. The molecule has 2 rings (SSSR count). The third kappa shape index (κ3) is 1.99. The van der Waals surface area contributed by atoms with Crippen molar-refractivity contribution in [2.75, 3.05) is 13.7 Å². The summed E-state index contributed by atoms with van der Waals surface area (Å²) in [6.45, 7) is 3.53. The van der Waals surface area contributed by atoms with Gasteiger partial charge in [-0.2, -0.15) is 0 Å². The molecule has 0 aliphatic carbocycles. The number of hydrogen-bond acceptors (Lipinski definition) is 4. The lowest BCUT2D eigenvalue weighted by molar-refractivity contribution is -0.137. The van der Waals surface area contributed by atoms with Crippen LogP contribution in [0, 0.1) is 0 Å². The van der Waals surface area contributed by atoms with Crippen LogP contribution in [0.4, 0.5) is 0 Å². The summed E-state index contributed by atoms with van der Waals surface area (Å²) in [6, 6.07) is 6.71. The number of carbonyl (C=O) groups is 2. The van der Waals surface area contributed by atoms with E-state index in [4.69, 9.17) is 4.74 Å². The second-order valence-corrected chi connectivity index (χ2v) is 3.93. The Kier molecular flexibility index (Phi) is 3.37. The smallest absolute Gasteiger partial charge is 0.296 e. The van der Waals surface area contributed by atoms with Crippen molar-refractivity contribution < 1.29 is 19.4 Å². The van der Waals surface area contributed by atoms with Gasteiger partial charge in [-0.1, -0.05) is 24.3 Å². The SMILES string of the molecule is C=CCN1C(=O)C(O)=C(c2ccccc2OC)C1=O. The van der Waals surface area contributed by atoms with Gasteiger partial charge in [-0.3, -0.25) is 14.5 Å². The molecule has 2 amide bonds. The molecule has 5 nitrogen and oxygen atoms in total. The van der Waals surface area contributed by atoms with Gasteiger partial charge in [0.1, 0.15) is 5.75 Å². The van der Waals surface area contributed by atoms with Gasteiger partial charge in [-0.25, -0.2) is 0 Å². The highest BCUT2D eigenvalue weighted by atomic mass is 16.5. The number of amides is 2. The van der Waals surface area contributed by atoms with Crippen LogP contribution in [0.1, 0.15) is 5.56 Å². The molecule has 0 radical (unpaired) electrons. The van der Waals surface area contributed by atoms with Crippen LogP contribution in [0.25, 0.3) is 5.57 Å². The lowest BCUT2D eigenvalue weighted by Crippen LogP contribution is -2.31. The number of rotatable bonds is 4. The molecule has 0 saturated carbocycles. The minimum atomic E-state index is -0.717. The number of hydrogen-bond donors (Lipinski definition) is 1. The number of benzene rings is 1. The van der Waals surface area contributed by atoms with Crippen LogP contribution >= 0.6 is 0 Å². The number of aliphatic hydroxyl groups is 1. The van der Waals surface area contributed by atoms with Crippen molar-refractivity contribution in [3.05, 3.63) is 48.2 Å². The van der Waals surface area contributed by atoms with Crippen molar-refractivity contribution in [1.82, 2.24) is 4.90 Å². The molecule has 1 heterocycles. The monoisotopic (exact) mass is 259 g/mol. The summed E-state index contributed by atoms with van der Waals surface area (Å²) >= 11 is 0. The zero-order chi connectivity index (χ0) is 14.0. The Hall–Kier alpha value is -2.56. The Balaban J connectivity index is 2.53. The molecule has 1 aliphatic heterocycles. The first-order valence-electron chi connectivity index (χ1n) is 5.65. The van der Waals surface area contributed by atoms with Crippen molar-refractivity contribution in [1.29, 1.82) is 0 Å². The van der Waals surface area contributed by atoms with Gasteiger partial charge in [0.2, 0.25) is 0 Å². The predicted octanol–water partition coefficient (Wildman–Crippen LogP) is 1.52. The van der Waals surface area contributed by atoms with E-state index < -0.39 is 17.6 Å². The largest absolute Gasteiger partial charge is 0.502 e. The van der Waals surface area contributed by atoms with Crippen LogP contribution in [0.5, 0.6) is 5.75 Å². The standard InChI is InChI=1S/C14H13NO4/c1-3-8-15-13(17)11(12(16)14(15)18)9-6-4-5-7-10(9)19-2/h3-7,16H,1,8H2,2H3. The summed E-state index contributed by atoms with van der Waals surface area (Å²) in [6.07, 6.45) is 1.42. The molecule has 0 bridgehead atoms. The van der Waals surface area contributed by atoms with Crippen LogP contribution in [-0.4, -0.2) is 35.5 Å². The van der Waals surface area contributed by atoms with Crippen molar-refractivity contribution >= 4 is 17.4 Å². The first kappa shape index (κ1) is 12.9. The Bertz CT molecular complexity index is 589. The fraction of sp³-hybridized carbons (Fsp3) is 0.143. The van der Waals surface area contributed by atoms with Gasteiger partial charge in [0.05, 0.1) is 12.7 Å². The number of ether oxygens (including phenoxy) is 1. The van der Waals surface area contributed by atoms with Gasteiger partial charge in [-0.05, 0) is 6.07 Å². The van der Waals surface area contributed by atoms with Gasteiger partial charge >= 0.3 is 0 Å². The van der Waals surface area contributed by atoms with E-state index in [0.717, 1.165) is 4.90 Å². The van der Waals surface area contributed by atoms with E-state index in [-0.39, 0.29) is 12.1 Å². The summed E-state index contributed by atoms with van der Waals surface area (Å²) in [4.78, 5) is 24.9. The number of imide groups is 1. The molecule has 1 aromatic carbocycles. The summed E-state index contributed by atoms with van der Waals surface area (Å²) in [5, 5.41) is 9.88. The van der Waals surface area contributed by atoms with E-state index in [2.05, 4.69) is 6.58 Å². The number of aliphatic hydroxyl groups excluding tert-OH is 1. The molecular weight excluding hydrogens is 246 g/mol. The highest BCUT2D eigenvalue weighted by molar-refractivity contribution is 6.35. The van der Waals surface area contributed by atoms with Crippen molar-refractivity contribution in [3.63, 3.8) is 0 Å². The first-order valence-corrected chi connectivity index (χ1v) is 5.65. The third-order valence-electron chi connectivity index (χ3n) is 2.83. The molecule has 0 fully saturated rings. The summed E-state index contributed by atoms with van der Waals surface area (Å²) in [5.74, 6) is -1.40. The van der Waals surface area contributed by atoms with Gasteiger partial charge in [0, 0.05) is 12.1 Å². The van der Waals surface area contributed by atoms with Gasteiger partial charge in [0.15, 0.2) is 5.76 Å². The summed E-state index contributed by atoms with van der Waals surface area (Å²) in [5.41, 5.74) is 0.358. The van der Waals surface area contributed by atoms with Gasteiger partial charge < -0.3 is 9.84 Å². The number of nitrogens with zero attached hydrogens (tertiary/aromatic N) is 1. The van der Waals surface area contributed by atoms with E-state index in [1.54, 1.807) is 24.3 Å². The topological polar surface area (TPSA) is 66.8 Å². The lowest BCUT2D eigenvalue weighted by Gasteiger charge is -2.12. The number of methoxy groups -OCH3 is 1. The molecule has 1 aliphatic rings. The number of carbonyl (C=O) groups excluding carboxylic acids is 2. The Labute approximate surface area is 110 Å². The van der Waals surface area contributed by atoms with Crippen LogP contribution in [0.2, 0.25) is 0 Å². The summed E-state index contributed by atoms with van der Waals surface area (Å²) in [7, 11) is 1.46. The average molecular weight is 259 g/mol. The molecule has 19 heavy (non-hydrogen) atoms. The molecule has 0 unspecified atom stereocenters. The van der Waals surface area contributed by atoms with E-state index in [0.29, 0.717) is 11.3 Å². The highest BCUT2D eigenvalue weighted by Gasteiger charge is 2.39.